The SMILES string of the molecule is COc1cccc(C2=NC(c3nc(-c4cccc(OC)c4)c(-c4ccccc4Cl)[nH]3)=NC2(c2cccc(OC)c2)c2cccc(OC)c2)c1. The van der Waals surface area contributed by atoms with Gasteiger partial charge in [0, 0.05) is 21.7 Å². The predicted octanol–water partition coefficient (Wildman–Crippen LogP) is 8.62. The fourth-order valence-corrected chi connectivity index (χ4v) is 6.39. The van der Waals surface area contributed by atoms with E-state index in [4.69, 9.17) is 45.5 Å². The number of rotatable bonds is 10. The van der Waals surface area contributed by atoms with Crippen LogP contribution in [0, 0.1) is 0 Å². The molecule has 0 saturated carbocycles. The Balaban J connectivity index is 1.53. The first-order valence-electron chi connectivity index (χ1n) is 15.6. The Labute approximate surface area is 289 Å². The van der Waals surface area contributed by atoms with E-state index >= 15 is 0 Å². The highest BCUT2D eigenvalue weighted by Gasteiger charge is 2.46. The molecule has 0 atom stereocenters. The molecule has 1 aliphatic rings. The largest absolute Gasteiger partial charge is 0.497 e. The van der Waals surface area contributed by atoms with E-state index in [1.807, 2.05) is 121 Å². The molecule has 0 aliphatic carbocycles. The van der Waals surface area contributed by atoms with Gasteiger partial charge in [-0.05, 0) is 65.7 Å². The molecule has 0 amide bonds. The first kappa shape index (κ1) is 31.7. The summed E-state index contributed by atoms with van der Waals surface area (Å²) in [5.74, 6) is 3.66. The van der Waals surface area contributed by atoms with Crippen molar-refractivity contribution in [2.45, 2.75) is 5.54 Å². The van der Waals surface area contributed by atoms with Crippen LogP contribution in [0.3, 0.4) is 0 Å². The Morgan fingerprint density at radius 1 is 0.592 bits per heavy atom. The normalized spacial score (nSPS) is 13.4. The summed E-state index contributed by atoms with van der Waals surface area (Å²) in [5.41, 5.74) is 5.14. The lowest BCUT2D eigenvalue weighted by Gasteiger charge is -2.30. The van der Waals surface area contributed by atoms with Crippen molar-refractivity contribution in [2.75, 3.05) is 28.4 Å². The molecule has 244 valence electrons. The second-order valence-electron chi connectivity index (χ2n) is 11.3. The molecule has 0 spiro atoms. The van der Waals surface area contributed by atoms with Crippen LogP contribution in [0.15, 0.2) is 131 Å². The van der Waals surface area contributed by atoms with Crippen LogP contribution in [0.5, 0.6) is 23.0 Å². The van der Waals surface area contributed by atoms with Gasteiger partial charge in [-0.15, -0.1) is 0 Å². The third kappa shape index (κ3) is 5.81. The summed E-state index contributed by atoms with van der Waals surface area (Å²) in [6, 6.07) is 39.0. The van der Waals surface area contributed by atoms with E-state index in [9.17, 15) is 0 Å². The zero-order valence-corrected chi connectivity index (χ0v) is 28.2. The van der Waals surface area contributed by atoms with Crippen LogP contribution in [0.25, 0.3) is 22.5 Å². The molecule has 1 N–H and O–H groups in total. The Morgan fingerprint density at radius 3 is 1.71 bits per heavy atom. The maximum atomic E-state index is 6.77. The van der Waals surface area contributed by atoms with Crippen molar-refractivity contribution in [3.05, 3.63) is 149 Å². The molecular formula is C40H33ClN4O4. The van der Waals surface area contributed by atoms with Crippen molar-refractivity contribution in [1.29, 1.82) is 0 Å². The summed E-state index contributed by atoms with van der Waals surface area (Å²) in [6.45, 7) is 0. The van der Waals surface area contributed by atoms with Gasteiger partial charge in [0.05, 0.1) is 45.5 Å². The second-order valence-corrected chi connectivity index (χ2v) is 11.7. The van der Waals surface area contributed by atoms with Crippen molar-refractivity contribution in [1.82, 2.24) is 9.97 Å². The maximum absolute atomic E-state index is 6.77. The summed E-state index contributed by atoms with van der Waals surface area (Å²) in [7, 11) is 6.59. The standard InChI is InChI=1S/C40H33ClN4O4/c1-46-29-15-7-11-25(21-29)35-36(33-19-5-6-20-34(33)41)43-38(42-35)39-44-37(26-12-8-16-30(22-26)47-2)40(45-39,27-13-9-17-31(23-27)48-3)28-14-10-18-32(24-28)49-4/h5-24H,1-4H3,(H,42,43). The molecule has 0 saturated heterocycles. The minimum atomic E-state index is -1.13. The predicted molar refractivity (Wildman–Crippen MR) is 194 cm³/mol. The lowest BCUT2D eigenvalue weighted by atomic mass is 9.77. The number of aliphatic imine (C=N–C) groups is 2. The first-order chi connectivity index (χ1) is 24.0. The molecule has 9 heteroatoms. The number of methoxy groups -OCH3 is 4. The number of nitrogens with zero attached hydrogens (tertiary/aromatic N) is 3. The van der Waals surface area contributed by atoms with E-state index < -0.39 is 5.54 Å². The quantitative estimate of drug-likeness (QED) is 0.158. The molecule has 49 heavy (non-hydrogen) atoms. The fraction of sp³-hybridized carbons (Fsp3) is 0.125. The van der Waals surface area contributed by atoms with E-state index in [-0.39, 0.29) is 0 Å². The summed E-state index contributed by atoms with van der Waals surface area (Å²) in [6.07, 6.45) is 0. The van der Waals surface area contributed by atoms with Gasteiger partial charge in [-0.25, -0.2) is 15.0 Å². The average molecular weight is 669 g/mol. The Morgan fingerprint density at radius 2 is 1.12 bits per heavy atom. The van der Waals surface area contributed by atoms with Crippen molar-refractivity contribution < 1.29 is 18.9 Å². The van der Waals surface area contributed by atoms with Crippen molar-refractivity contribution in [2.24, 2.45) is 9.98 Å². The van der Waals surface area contributed by atoms with Gasteiger partial charge >= 0.3 is 0 Å². The molecule has 0 unspecified atom stereocenters. The molecule has 6 aromatic rings. The minimum absolute atomic E-state index is 0.408. The van der Waals surface area contributed by atoms with Gasteiger partial charge in [-0.1, -0.05) is 78.3 Å². The highest BCUT2D eigenvalue weighted by Crippen LogP contribution is 2.45. The molecule has 0 radical (unpaired) electrons. The Kier molecular flexibility index (Phi) is 8.63. The van der Waals surface area contributed by atoms with Crippen molar-refractivity contribution >= 4 is 23.1 Å². The molecule has 0 fully saturated rings. The van der Waals surface area contributed by atoms with E-state index in [0.29, 0.717) is 51.1 Å². The van der Waals surface area contributed by atoms with Gasteiger partial charge in [0.2, 0.25) is 0 Å². The Bertz CT molecular complexity index is 2180. The summed E-state index contributed by atoms with van der Waals surface area (Å²) >= 11 is 6.77. The zero-order chi connectivity index (χ0) is 34.0. The van der Waals surface area contributed by atoms with E-state index in [1.54, 1.807) is 28.4 Å². The van der Waals surface area contributed by atoms with Gasteiger partial charge < -0.3 is 23.9 Å². The van der Waals surface area contributed by atoms with E-state index in [2.05, 4.69) is 4.98 Å². The van der Waals surface area contributed by atoms with Crippen LogP contribution in [0.4, 0.5) is 0 Å². The lowest BCUT2D eigenvalue weighted by molar-refractivity contribution is 0.412. The number of H-pyrrole nitrogens is 1. The topological polar surface area (TPSA) is 90.3 Å². The van der Waals surface area contributed by atoms with Crippen molar-refractivity contribution in [3.63, 3.8) is 0 Å². The molecule has 7 rings (SSSR count). The van der Waals surface area contributed by atoms with Crippen LogP contribution in [0.1, 0.15) is 22.5 Å². The average Bonchev–Trinajstić information content (AvgIpc) is 3.79. The number of halogens is 1. The van der Waals surface area contributed by atoms with Gasteiger partial charge in [0.25, 0.3) is 0 Å². The fourth-order valence-electron chi connectivity index (χ4n) is 6.16. The van der Waals surface area contributed by atoms with Crippen LogP contribution in [0.2, 0.25) is 5.02 Å². The van der Waals surface area contributed by atoms with Crippen LogP contribution >= 0.6 is 11.6 Å². The number of nitrogens with one attached hydrogen (secondary N) is 1. The lowest BCUT2D eigenvalue weighted by Crippen LogP contribution is -2.34. The highest BCUT2D eigenvalue weighted by atomic mass is 35.5. The van der Waals surface area contributed by atoms with Crippen LogP contribution in [-0.4, -0.2) is 50.0 Å². The number of amidine groups is 1. The number of aromatic nitrogens is 2. The number of ether oxygens (including phenoxy) is 4. The third-order valence-corrected chi connectivity index (χ3v) is 8.88. The monoisotopic (exact) mass is 668 g/mol. The smallest absolute Gasteiger partial charge is 0.193 e. The van der Waals surface area contributed by atoms with Crippen molar-refractivity contribution in [3.8, 4) is 45.5 Å². The van der Waals surface area contributed by atoms with Gasteiger partial charge in [-0.2, -0.15) is 0 Å². The molecule has 2 heterocycles. The number of imidazole rings is 1. The minimum Gasteiger partial charge on any atom is -0.497 e. The molecule has 8 nitrogen and oxygen atoms in total. The summed E-state index contributed by atoms with van der Waals surface area (Å²) in [4.78, 5) is 19.5. The van der Waals surface area contributed by atoms with Crippen LogP contribution < -0.4 is 18.9 Å². The van der Waals surface area contributed by atoms with Gasteiger partial charge in [-0.3, -0.25) is 0 Å². The number of hydrogen-bond donors (Lipinski definition) is 1. The van der Waals surface area contributed by atoms with Gasteiger partial charge in [0.15, 0.2) is 17.2 Å². The summed E-state index contributed by atoms with van der Waals surface area (Å²) in [5, 5.41) is 0.581. The van der Waals surface area contributed by atoms with E-state index in [0.717, 1.165) is 33.5 Å². The zero-order valence-electron chi connectivity index (χ0n) is 27.4. The first-order valence-corrected chi connectivity index (χ1v) is 16.0. The summed E-state index contributed by atoms with van der Waals surface area (Å²) < 4.78 is 22.6. The van der Waals surface area contributed by atoms with Gasteiger partial charge in [0.1, 0.15) is 23.0 Å². The Hall–Kier alpha value is -5.86. The van der Waals surface area contributed by atoms with E-state index in [1.165, 1.54) is 0 Å². The maximum Gasteiger partial charge on any atom is 0.193 e. The molecule has 0 bridgehead atoms. The third-order valence-electron chi connectivity index (χ3n) is 8.55. The second kappa shape index (κ2) is 13.3. The number of aromatic amines is 1. The molecule has 1 aromatic heterocycles. The molecule has 5 aromatic carbocycles. The molecule has 1 aliphatic heterocycles. The highest BCUT2D eigenvalue weighted by molar-refractivity contribution is 6.33. The number of hydrogen-bond acceptors (Lipinski definition) is 7. The number of benzene rings is 5. The van der Waals surface area contributed by atoms with Crippen LogP contribution in [-0.2, 0) is 5.54 Å². The molecular weight excluding hydrogens is 636 g/mol.